The van der Waals surface area contributed by atoms with Gasteiger partial charge in [0.25, 0.3) is 0 Å². The maximum absolute atomic E-state index is 12.1. The second-order valence-electron chi connectivity index (χ2n) is 8.21. The van der Waals surface area contributed by atoms with Crippen LogP contribution in [0.15, 0.2) is 29.3 Å². The van der Waals surface area contributed by atoms with Crippen molar-refractivity contribution in [2.75, 3.05) is 44.7 Å². The van der Waals surface area contributed by atoms with Crippen LogP contribution in [0.25, 0.3) is 0 Å². The van der Waals surface area contributed by atoms with E-state index in [4.69, 9.17) is 4.74 Å². The molecule has 2 fully saturated rings. The van der Waals surface area contributed by atoms with Crippen molar-refractivity contribution in [3.63, 3.8) is 0 Å². The number of carbonyl (C=O) groups excluding carboxylic acids is 1. The zero-order chi connectivity index (χ0) is 21.2. The van der Waals surface area contributed by atoms with Gasteiger partial charge >= 0.3 is 0 Å². The third-order valence-corrected chi connectivity index (χ3v) is 5.95. The van der Waals surface area contributed by atoms with Crippen molar-refractivity contribution in [1.82, 2.24) is 16.0 Å². The maximum atomic E-state index is 12.1. The van der Waals surface area contributed by atoms with Crippen molar-refractivity contribution < 1.29 is 9.53 Å². The zero-order valence-electron chi connectivity index (χ0n) is 18.5. The van der Waals surface area contributed by atoms with Crippen LogP contribution in [0.3, 0.4) is 0 Å². The Balaban J connectivity index is 1.43. The molecular formula is C23H37N5O2. The molecule has 1 saturated carbocycles. The van der Waals surface area contributed by atoms with Gasteiger partial charge in [-0.3, -0.25) is 9.79 Å². The number of ether oxygens (including phenoxy) is 1. The molecule has 1 atom stereocenters. The molecule has 0 radical (unpaired) electrons. The van der Waals surface area contributed by atoms with E-state index in [-0.39, 0.29) is 5.91 Å². The first kappa shape index (κ1) is 22.2. The third kappa shape index (κ3) is 6.54. The lowest BCUT2D eigenvalue weighted by Crippen LogP contribution is -2.45. The Labute approximate surface area is 180 Å². The molecule has 3 rings (SSSR count). The molecule has 30 heavy (non-hydrogen) atoms. The molecule has 3 N–H and O–H groups in total. The van der Waals surface area contributed by atoms with Crippen molar-refractivity contribution in [2.45, 2.75) is 51.5 Å². The number of rotatable bonds is 9. The summed E-state index contributed by atoms with van der Waals surface area (Å²) in [5.41, 5.74) is 1.14. The molecule has 1 aliphatic heterocycles. The molecule has 1 saturated heterocycles. The van der Waals surface area contributed by atoms with Crippen LogP contribution < -0.4 is 25.6 Å². The standard InChI is InChI=1S/C23H37N5O2/c1-3-24-23(26-14-13-25-22(29)16-18-8-4-5-9-18)27-19-12-15-28(17-19)20-10-6-7-11-21(20)30-2/h6-7,10-11,18-19H,3-5,8-9,12-17H2,1-2H3,(H,25,29)(H2,24,26,27). The monoisotopic (exact) mass is 415 g/mol. The van der Waals surface area contributed by atoms with Crippen molar-refractivity contribution in [3.05, 3.63) is 24.3 Å². The van der Waals surface area contributed by atoms with Crippen LogP contribution in [0.2, 0.25) is 0 Å². The van der Waals surface area contributed by atoms with E-state index < -0.39 is 0 Å². The molecule has 1 aromatic rings. The van der Waals surface area contributed by atoms with Gasteiger partial charge in [-0.05, 0) is 44.2 Å². The van der Waals surface area contributed by atoms with E-state index in [0.717, 1.165) is 43.5 Å². The average Bonchev–Trinajstić information content (AvgIpc) is 3.43. The molecular weight excluding hydrogens is 378 g/mol. The fourth-order valence-corrected chi connectivity index (χ4v) is 4.41. The Hall–Kier alpha value is -2.44. The van der Waals surface area contributed by atoms with Crippen LogP contribution in [0.4, 0.5) is 5.69 Å². The Bertz CT molecular complexity index is 703. The number of hydrogen-bond donors (Lipinski definition) is 3. The minimum absolute atomic E-state index is 0.165. The minimum Gasteiger partial charge on any atom is -0.495 e. The second kappa shape index (κ2) is 11.7. The fourth-order valence-electron chi connectivity index (χ4n) is 4.41. The molecule has 0 aromatic heterocycles. The summed E-state index contributed by atoms with van der Waals surface area (Å²) in [4.78, 5) is 19.1. The molecule has 7 heteroatoms. The molecule has 0 bridgehead atoms. The Morgan fingerprint density at radius 2 is 2.00 bits per heavy atom. The molecule has 2 aliphatic rings. The number of guanidine groups is 1. The number of hydrogen-bond acceptors (Lipinski definition) is 4. The number of para-hydroxylation sites is 2. The largest absolute Gasteiger partial charge is 0.495 e. The molecule has 1 heterocycles. The Morgan fingerprint density at radius 1 is 1.20 bits per heavy atom. The van der Waals surface area contributed by atoms with Gasteiger partial charge in [-0.1, -0.05) is 25.0 Å². The molecule has 1 aliphatic carbocycles. The SMILES string of the molecule is CCNC(=NCCNC(=O)CC1CCCC1)NC1CCN(c2ccccc2OC)C1. The molecule has 1 aromatic carbocycles. The maximum Gasteiger partial charge on any atom is 0.220 e. The first-order chi connectivity index (χ1) is 14.7. The average molecular weight is 416 g/mol. The number of aliphatic imine (C=N–C) groups is 1. The Morgan fingerprint density at radius 3 is 2.77 bits per heavy atom. The molecule has 1 unspecified atom stereocenters. The highest BCUT2D eigenvalue weighted by molar-refractivity contribution is 5.80. The predicted molar refractivity (Wildman–Crippen MR) is 122 cm³/mol. The van der Waals surface area contributed by atoms with E-state index in [9.17, 15) is 4.79 Å². The molecule has 1 amide bonds. The summed E-state index contributed by atoms with van der Waals surface area (Å²) in [5, 5.41) is 9.88. The van der Waals surface area contributed by atoms with Gasteiger partial charge < -0.3 is 25.6 Å². The van der Waals surface area contributed by atoms with Crippen molar-refractivity contribution in [1.29, 1.82) is 0 Å². The number of benzene rings is 1. The summed E-state index contributed by atoms with van der Waals surface area (Å²) in [7, 11) is 1.72. The highest BCUT2D eigenvalue weighted by Crippen LogP contribution is 2.30. The van der Waals surface area contributed by atoms with Crippen molar-refractivity contribution >= 4 is 17.6 Å². The number of nitrogens with one attached hydrogen (secondary N) is 3. The number of nitrogens with zero attached hydrogens (tertiary/aromatic N) is 2. The second-order valence-corrected chi connectivity index (χ2v) is 8.21. The minimum atomic E-state index is 0.165. The van der Waals surface area contributed by atoms with Crippen LogP contribution in [-0.4, -0.2) is 57.7 Å². The Kier molecular flexibility index (Phi) is 8.66. The van der Waals surface area contributed by atoms with E-state index in [1.54, 1.807) is 7.11 Å². The van der Waals surface area contributed by atoms with E-state index in [1.807, 2.05) is 18.2 Å². The van der Waals surface area contributed by atoms with Crippen LogP contribution in [0, 0.1) is 5.92 Å². The smallest absolute Gasteiger partial charge is 0.220 e. The van der Waals surface area contributed by atoms with Crippen molar-refractivity contribution in [2.24, 2.45) is 10.9 Å². The predicted octanol–water partition coefficient (Wildman–Crippen LogP) is 2.53. The zero-order valence-corrected chi connectivity index (χ0v) is 18.5. The fraction of sp³-hybridized carbons (Fsp3) is 0.652. The lowest BCUT2D eigenvalue weighted by molar-refractivity contribution is -0.121. The molecule has 166 valence electrons. The van der Waals surface area contributed by atoms with Gasteiger partial charge in [0.15, 0.2) is 5.96 Å². The lowest BCUT2D eigenvalue weighted by Gasteiger charge is -2.22. The van der Waals surface area contributed by atoms with Crippen LogP contribution in [0.5, 0.6) is 5.75 Å². The summed E-state index contributed by atoms with van der Waals surface area (Å²) in [5.74, 6) is 2.47. The lowest BCUT2D eigenvalue weighted by atomic mass is 10.0. The molecule has 0 spiro atoms. The van der Waals surface area contributed by atoms with Gasteiger partial charge in [0.2, 0.25) is 5.91 Å². The van der Waals surface area contributed by atoms with Crippen molar-refractivity contribution in [3.8, 4) is 5.75 Å². The van der Waals surface area contributed by atoms with Gasteiger partial charge in [0, 0.05) is 38.6 Å². The van der Waals surface area contributed by atoms with Gasteiger partial charge in [-0.25, -0.2) is 0 Å². The van der Waals surface area contributed by atoms with E-state index in [1.165, 1.54) is 25.7 Å². The number of methoxy groups -OCH3 is 1. The topological polar surface area (TPSA) is 78.0 Å². The van der Waals surface area contributed by atoms with Crippen LogP contribution in [0.1, 0.15) is 45.4 Å². The summed E-state index contributed by atoms with van der Waals surface area (Å²) < 4.78 is 5.51. The van der Waals surface area contributed by atoms with Gasteiger partial charge in [0.05, 0.1) is 19.3 Å². The number of amides is 1. The number of carbonyl (C=O) groups is 1. The van der Waals surface area contributed by atoms with Crippen LogP contribution >= 0.6 is 0 Å². The number of anilines is 1. The highest BCUT2D eigenvalue weighted by atomic mass is 16.5. The highest BCUT2D eigenvalue weighted by Gasteiger charge is 2.25. The normalized spacial score (nSPS) is 19.7. The van der Waals surface area contributed by atoms with Gasteiger partial charge in [-0.15, -0.1) is 0 Å². The summed E-state index contributed by atoms with van der Waals surface area (Å²) in [6.45, 7) is 5.92. The summed E-state index contributed by atoms with van der Waals surface area (Å²) in [6, 6.07) is 8.48. The van der Waals surface area contributed by atoms with E-state index >= 15 is 0 Å². The van der Waals surface area contributed by atoms with E-state index in [2.05, 4.69) is 38.8 Å². The third-order valence-electron chi connectivity index (χ3n) is 5.95. The first-order valence-corrected chi connectivity index (χ1v) is 11.4. The quantitative estimate of drug-likeness (QED) is 0.328. The van der Waals surface area contributed by atoms with Gasteiger partial charge in [0.1, 0.15) is 5.75 Å². The summed E-state index contributed by atoms with van der Waals surface area (Å²) in [6.07, 6.45) is 6.66. The van der Waals surface area contributed by atoms with Gasteiger partial charge in [-0.2, -0.15) is 0 Å². The summed E-state index contributed by atoms with van der Waals surface area (Å²) >= 11 is 0. The van der Waals surface area contributed by atoms with Crippen LogP contribution in [-0.2, 0) is 4.79 Å². The first-order valence-electron chi connectivity index (χ1n) is 11.4. The molecule has 7 nitrogen and oxygen atoms in total. The van der Waals surface area contributed by atoms with E-state index in [0.29, 0.717) is 31.5 Å².